The van der Waals surface area contributed by atoms with E-state index in [4.69, 9.17) is 9.47 Å². The number of nitrogens with one attached hydrogen (secondary N) is 2. The molecule has 5 nitrogen and oxygen atoms in total. The van der Waals surface area contributed by atoms with Crippen molar-refractivity contribution in [2.24, 2.45) is 0 Å². The number of anilines is 1. The normalized spacial score (nSPS) is 17.3. The fraction of sp³-hybridized carbons (Fsp3) is 0.350. The Labute approximate surface area is 147 Å². The highest BCUT2D eigenvalue weighted by Crippen LogP contribution is 2.33. The summed E-state index contributed by atoms with van der Waals surface area (Å²) < 4.78 is 11.4. The Bertz CT molecular complexity index is 744. The highest BCUT2D eigenvalue weighted by atomic mass is 16.5. The molecule has 0 aromatic heterocycles. The number of benzene rings is 2. The second-order valence-corrected chi connectivity index (χ2v) is 6.48. The molecule has 1 fully saturated rings. The van der Waals surface area contributed by atoms with Gasteiger partial charge in [0, 0.05) is 24.2 Å². The number of carbonyl (C=O) groups excluding carboxylic acids is 1. The van der Waals surface area contributed by atoms with Crippen molar-refractivity contribution in [3.63, 3.8) is 0 Å². The largest absolute Gasteiger partial charge is 0.490 e. The van der Waals surface area contributed by atoms with Crippen molar-refractivity contribution in [2.45, 2.75) is 31.3 Å². The van der Waals surface area contributed by atoms with E-state index in [2.05, 4.69) is 10.6 Å². The molecule has 0 radical (unpaired) electrons. The first-order valence-corrected chi connectivity index (χ1v) is 8.81. The topological polar surface area (TPSA) is 59.6 Å². The lowest BCUT2D eigenvalue weighted by Gasteiger charge is -2.20. The van der Waals surface area contributed by atoms with Crippen LogP contribution < -0.4 is 20.1 Å². The van der Waals surface area contributed by atoms with Crippen LogP contribution in [0.5, 0.6) is 11.5 Å². The van der Waals surface area contributed by atoms with Gasteiger partial charge in [-0.1, -0.05) is 30.3 Å². The summed E-state index contributed by atoms with van der Waals surface area (Å²) in [6.45, 7) is 1.30. The summed E-state index contributed by atoms with van der Waals surface area (Å²) in [5, 5.41) is 6.44. The molecule has 1 unspecified atom stereocenters. The fourth-order valence-corrected chi connectivity index (χ4v) is 2.88. The zero-order valence-electron chi connectivity index (χ0n) is 14.0. The summed E-state index contributed by atoms with van der Waals surface area (Å²) in [4.78, 5) is 12.7. The number of amides is 1. The van der Waals surface area contributed by atoms with E-state index in [9.17, 15) is 4.79 Å². The number of rotatable bonds is 5. The number of hydrogen-bond donors (Lipinski definition) is 2. The highest BCUT2D eigenvalue weighted by Gasteiger charge is 2.28. The van der Waals surface area contributed by atoms with Gasteiger partial charge in [0.05, 0.1) is 13.2 Å². The lowest BCUT2D eigenvalue weighted by Crippen LogP contribution is -2.34. The first-order chi connectivity index (χ1) is 12.3. The molecular weight excluding hydrogens is 316 g/mol. The Morgan fingerprint density at radius 1 is 1.00 bits per heavy atom. The Morgan fingerprint density at radius 2 is 1.76 bits per heavy atom. The number of carbonyl (C=O) groups is 1. The van der Waals surface area contributed by atoms with E-state index in [0.29, 0.717) is 19.3 Å². The Morgan fingerprint density at radius 3 is 2.52 bits per heavy atom. The minimum Gasteiger partial charge on any atom is -0.490 e. The lowest BCUT2D eigenvalue weighted by molar-refractivity contribution is -0.122. The van der Waals surface area contributed by atoms with E-state index < -0.39 is 6.04 Å². The maximum atomic E-state index is 12.7. The van der Waals surface area contributed by atoms with Crippen LogP contribution in [0.1, 0.15) is 30.9 Å². The maximum Gasteiger partial charge on any atom is 0.247 e. The molecule has 130 valence electrons. The van der Waals surface area contributed by atoms with Crippen LogP contribution >= 0.6 is 0 Å². The van der Waals surface area contributed by atoms with Crippen molar-refractivity contribution in [1.29, 1.82) is 0 Å². The van der Waals surface area contributed by atoms with Crippen molar-refractivity contribution in [1.82, 2.24) is 5.32 Å². The maximum absolute atomic E-state index is 12.7. The van der Waals surface area contributed by atoms with E-state index in [1.165, 1.54) is 0 Å². The van der Waals surface area contributed by atoms with Gasteiger partial charge in [0.2, 0.25) is 5.91 Å². The Hall–Kier alpha value is -2.69. The average Bonchev–Trinajstić information content (AvgIpc) is 3.47. The molecule has 2 N–H and O–H groups in total. The Balaban J connectivity index is 1.57. The van der Waals surface area contributed by atoms with Crippen LogP contribution in [0.15, 0.2) is 48.5 Å². The molecular formula is C20H22N2O3. The fourth-order valence-electron chi connectivity index (χ4n) is 2.88. The van der Waals surface area contributed by atoms with Crippen molar-refractivity contribution >= 4 is 11.6 Å². The highest BCUT2D eigenvalue weighted by molar-refractivity contribution is 5.86. The number of ether oxygens (including phenoxy) is 2. The first kappa shape index (κ1) is 15.8. The smallest absolute Gasteiger partial charge is 0.247 e. The summed E-state index contributed by atoms with van der Waals surface area (Å²) >= 11 is 0. The van der Waals surface area contributed by atoms with Gasteiger partial charge in [-0.05, 0) is 30.5 Å². The predicted molar refractivity (Wildman–Crippen MR) is 96.0 cm³/mol. The summed E-state index contributed by atoms with van der Waals surface area (Å²) in [7, 11) is 0. The van der Waals surface area contributed by atoms with Crippen LogP contribution in [0.3, 0.4) is 0 Å². The molecule has 1 atom stereocenters. The molecule has 1 aliphatic carbocycles. The zero-order valence-corrected chi connectivity index (χ0v) is 14.0. The molecule has 1 aliphatic heterocycles. The summed E-state index contributed by atoms with van der Waals surface area (Å²) in [5.74, 6) is 1.47. The first-order valence-electron chi connectivity index (χ1n) is 8.81. The average molecular weight is 338 g/mol. The second kappa shape index (κ2) is 7.05. The van der Waals surface area contributed by atoms with Crippen molar-refractivity contribution in [2.75, 3.05) is 18.5 Å². The van der Waals surface area contributed by atoms with Gasteiger partial charge in [-0.3, -0.25) is 4.79 Å². The van der Waals surface area contributed by atoms with E-state index in [1.807, 2.05) is 48.5 Å². The standard InChI is InChI=1S/C20H22N2O3/c23-20(22-15-7-8-15)19(14-5-2-1-3-6-14)21-16-9-10-17-18(13-16)25-12-4-11-24-17/h1-3,5-6,9-10,13,15,19,21H,4,7-8,11-12H2,(H,22,23). The monoisotopic (exact) mass is 338 g/mol. The summed E-state index contributed by atoms with van der Waals surface area (Å²) in [5.41, 5.74) is 1.77. The molecule has 4 rings (SSSR count). The zero-order chi connectivity index (χ0) is 17.1. The minimum atomic E-state index is -0.438. The molecule has 0 saturated heterocycles. The molecule has 2 aromatic carbocycles. The van der Waals surface area contributed by atoms with Crippen LogP contribution in [-0.2, 0) is 4.79 Å². The number of fused-ring (bicyclic) bond motifs is 1. The van der Waals surface area contributed by atoms with Gasteiger partial charge in [-0.2, -0.15) is 0 Å². The molecule has 2 aliphatic rings. The third-order valence-corrected chi connectivity index (χ3v) is 4.38. The molecule has 25 heavy (non-hydrogen) atoms. The molecule has 1 amide bonds. The number of hydrogen-bond acceptors (Lipinski definition) is 4. The quantitative estimate of drug-likeness (QED) is 0.878. The van der Waals surface area contributed by atoms with Crippen molar-refractivity contribution in [3.8, 4) is 11.5 Å². The second-order valence-electron chi connectivity index (χ2n) is 6.48. The van der Waals surface area contributed by atoms with Crippen LogP contribution in [0.2, 0.25) is 0 Å². The van der Waals surface area contributed by atoms with Gasteiger partial charge in [0.1, 0.15) is 6.04 Å². The van der Waals surface area contributed by atoms with E-state index in [0.717, 1.165) is 42.0 Å². The van der Waals surface area contributed by atoms with E-state index >= 15 is 0 Å². The van der Waals surface area contributed by atoms with Gasteiger partial charge >= 0.3 is 0 Å². The van der Waals surface area contributed by atoms with Crippen LogP contribution in [0.4, 0.5) is 5.69 Å². The van der Waals surface area contributed by atoms with Crippen LogP contribution in [0, 0.1) is 0 Å². The Kier molecular flexibility index (Phi) is 4.46. The molecule has 0 spiro atoms. The molecule has 2 aromatic rings. The minimum absolute atomic E-state index is 0.000751. The van der Waals surface area contributed by atoms with Crippen LogP contribution in [-0.4, -0.2) is 25.2 Å². The van der Waals surface area contributed by atoms with Crippen molar-refractivity contribution < 1.29 is 14.3 Å². The molecule has 1 heterocycles. The summed E-state index contributed by atoms with van der Waals surface area (Å²) in [6, 6.07) is 15.4. The van der Waals surface area contributed by atoms with Crippen LogP contribution in [0.25, 0.3) is 0 Å². The van der Waals surface area contributed by atoms with E-state index in [-0.39, 0.29) is 5.91 Å². The molecule has 0 bridgehead atoms. The van der Waals surface area contributed by atoms with E-state index in [1.54, 1.807) is 0 Å². The predicted octanol–water partition coefficient (Wildman–Crippen LogP) is 3.28. The van der Waals surface area contributed by atoms with Gasteiger partial charge in [0.25, 0.3) is 0 Å². The van der Waals surface area contributed by atoms with Gasteiger partial charge in [-0.25, -0.2) is 0 Å². The van der Waals surface area contributed by atoms with Gasteiger partial charge < -0.3 is 20.1 Å². The van der Waals surface area contributed by atoms with Gasteiger partial charge in [-0.15, -0.1) is 0 Å². The summed E-state index contributed by atoms with van der Waals surface area (Å²) in [6.07, 6.45) is 3.00. The third kappa shape index (κ3) is 3.87. The molecule has 5 heteroatoms. The van der Waals surface area contributed by atoms with Crippen molar-refractivity contribution in [3.05, 3.63) is 54.1 Å². The lowest BCUT2D eigenvalue weighted by atomic mass is 10.1. The molecule has 1 saturated carbocycles. The third-order valence-electron chi connectivity index (χ3n) is 4.38. The van der Waals surface area contributed by atoms with Gasteiger partial charge in [0.15, 0.2) is 11.5 Å². The SMILES string of the molecule is O=C(NC1CC1)C(Nc1ccc2c(c1)OCCCO2)c1ccccc1.